The van der Waals surface area contributed by atoms with Crippen LogP contribution < -0.4 is 9.47 Å². The third-order valence-corrected chi connectivity index (χ3v) is 6.62. The number of sulfonamides is 1. The Balaban J connectivity index is 1.42. The molecule has 1 fully saturated rings. The van der Waals surface area contributed by atoms with Crippen molar-refractivity contribution in [2.75, 3.05) is 32.8 Å². The summed E-state index contributed by atoms with van der Waals surface area (Å²) in [7, 11) is -1.95. The van der Waals surface area contributed by atoms with Gasteiger partial charge in [0.15, 0.2) is 16.5 Å². The van der Waals surface area contributed by atoms with Crippen molar-refractivity contribution < 1.29 is 22.7 Å². The van der Waals surface area contributed by atoms with Crippen LogP contribution in [0.3, 0.4) is 0 Å². The van der Waals surface area contributed by atoms with Crippen molar-refractivity contribution >= 4 is 15.9 Å². The first-order chi connectivity index (χ1) is 13.4. The summed E-state index contributed by atoms with van der Waals surface area (Å²) in [6.07, 6.45) is 2.75. The molecule has 2 aliphatic rings. The molecule has 4 rings (SSSR count). The quantitative estimate of drug-likeness (QED) is 0.736. The Morgan fingerprint density at radius 1 is 1.14 bits per heavy atom. The topological polar surface area (TPSA) is 94.0 Å². The van der Waals surface area contributed by atoms with Gasteiger partial charge in [0, 0.05) is 39.4 Å². The Morgan fingerprint density at radius 3 is 2.68 bits per heavy atom. The SMILES string of the molecule is Cn1cnc(S(=O)(=O)N2CCCN(C(=O)C3COc4ccccc4O3)CC2)c1. The Hall–Kier alpha value is -2.59. The van der Waals surface area contributed by atoms with Gasteiger partial charge in [0.05, 0.1) is 6.33 Å². The Labute approximate surface area is 163 Å². The number of hydrogen-bond donors (Lipinski definition) is 0. The molecule has 0 radical (unpaired) electrons. The molecule has 1 atom stereocenters. The van der Waals surface area contributed by atoms with Gasteiger partial charge in [0.2, 0.25) is 6.10 Å². The van der Waals surface area contributed by atoms with Gasteiger partial charge in [0.1, 0.15) is 6.61 Å². The number of ether oxygens (including phenoxy) is 2. The summed E-state index contributed by atoms with van der Waals surface area (Å²) < 4.78 is 39.9. The van der Waals surface area contributed by atoms with Gasteiger partial charge in [-0.15, -0.1) is 0 Å². The number of rotatable bonds is 3. The van der Waals surface area contributed by atoms with Gasteiger partial charge >= 0.3 is 0 Å². The molecule has 150 valence electrons. The molecular formula is C18H22N4O5S. The van der Waals surface area contributed by atoms with Crippen LogP contribution in [0.5, 0.6) is 11.5 Å². The second-order valence-electron chi connectivity index (χ2n) is 6.82. The molecule has 2 aliphatic heterocycles. The van der Waals surface area contributed by atoms with E-state index in [1.54, 1.807) is 28.6 Å². The van der Waals surface area contributed by atoms with Crippen LogP contribution in [0.25, 0.3) is 0 Å². The molecule has 9 nitrogen and oxygen atoms in total. The molecular weight excluding hydrogens is 384 g/mol. The maximum Gasteiger partial charge on any atom is 0.267 e. The summed E-state index contributed by atoms with van der Waals surface area (Å²) in [4.78, 5) is 18.5. The third kappa shape index (κ3) is 3.57. The van der Waals surface area contributed by atoms with Crippen molar-refractivity contribution in [1.29, 1.82) is 0 Å². The number of fused-ring (bicyclic) bond motifs is 1. The summed E-state index contributed by atoms with van der Waals surface area (Å²) >= 11 is 0. The molecule has 0 saturated carbocycles. The van der Waals surface area contributed by atoms with Gasteiger partial charge < -0.3 is 18.9 Å². The molecule has 1 saturated heterocycles. The van der Waals surface area contributed by atoms with Crippen LogP contribution in [-0.2, 0) is 21.9 Å². The van der Waals surface area contributed by atoms with Crippen molar-refractivity contribution in [2.45, 2.75) is 17.6 Å². The maximum absolute atomic E-state index is 12.9. The van der Waals surface area contributed by atoms with Crippen LogP contribution >= 0.6 is 0 Å². The van der Waals surface area contributed by atoms with Crippen molar-refractivity contribution in [3.63, 3.8) is 0 Å². The molecule has 2 aromatic rings. The first-order valence-corrected chi connectivity index (χ1v) is 10.5. The van der Waals surface area contributed by atoms with E-state index < -0.39 is 16.1 Å². The second-order valence-corrected chi connectivity index (χ2v) is 8.71. The summed E-state index contributed by atoms with van der Waals surface area (Å²) in [5.41, 5.74) is 0. The summed E-state index contributed by atoms with van der Waals surface area (Å²) in [6.45, 7) is 1.46. The van der Waals surface area contributed by atoms with Gasteiger partial charge in [-0.1, -0.05) is 12.1 Å². The zero-order valence-corrected chi connectivity index (χ0v) is 16.3. The Kier molecular flexibility index (Phi) is 4.98. The number of aryl methyl sites for hydroxylation is 1. The lowest BCUT2D eigenvalue weighted by atomic mass is 10.2. The van der Waals surface area contributed by atoms with E-state index in [2.05, 4.69) is 4.98 Å². The highest BCUT2D eigenvalue weighted by molar-refractivity contribution is 7.89. The molecule has 0 spiro atoms. The molecule has 10 heteroatoms. The van der Waals surface area contributed by atoms with Gasteiger partial charge in [-0.05, 0) is 18.6 Å². The molecule has 1 aromatic heterocycles. The van der Waals surface area contributed by atoms with Crippen molar-refractivity contribution in [3.8, 4) is 11.5 Å². The van der Waals surface area contributed by atoms with E-state index in [-0.39, 0.29) is 24.1 Å². The average molecular weight is 406 g/mol. The fourth-order valence-corrected chi connectivity index (χ4v) is 4.79. The van der Waals surface area contributed by atoms with Crippen LogP contribution in [0, 0.1) is 0 Å². The average Bonchev–Trinajstić information content (AvgIpc) is 2.99. The van der Waals surface area contributed by atoms with E-state index in [1.165, 1.54) is 16.8 Å². The van der Waals surface area contributed by atoms with Crippen molar-refractivity contribution in [2.24, 2.45) is 7.05 Å². The Morgan fingerprint density at radius 2 is 1.93 bits per heavy atom. The van der Waals surface area contributed by atoms with Gasteiger partial charge in [0.25, 0.3) is 15.9 Å². The highest BCUT2D eigenvalue weighted by Gasteiger charge is 2.34. The predicted octanol–water partition coefficient (Wildman–Crippen LogP) is 0.483. The predicted molar refractivity (Wildman–Crippen MR) is 99.5 cm³/mol. The monoisotopic (exact) mass is 406 g/mol. The van der Waals surface area contributed by atoms with E-state index in [4.69, 9.17) is 9.47 Å². The van der Waals surface area contributed by atoms with Gasteiger partial charge in [-0.2, -0.15) is 4.31 Å². The summed E-state index contributed by atoms with van der Waals surface area (Å²) in [5, 5.41) is 0.0235. The maximum atomic E-state index is 12.9. The number of carbonyl (C=O) groups is 1. The highest BCUT2D eigenvalue weighted by atomic mass is 32.2. The molecule has 0 bridgehead atoms. The molecule has 1 unspecified atom stereocenters. The first kappa shape index (κ1) is 18.8. The number of hydrogen-bond acceptors (Lipinski definition) is 6. The minimum Gasteiger partial charge on any atom is -0.485 e. The Bertz CT molecular complexity index is 974. The minimum atomic E-state index is -3.67. The summed E-state index contributed by atoms with van der Waals surface area (Å²) in [5.74, 6) is 0.975. The standard InChI is InChI=1S/C18H22N4O5S/c1-20-11-17(19-13-20)28(24,25)22-8-4-7-21(9-10-22)18(23)16-12-26-14-5-2-3-6-15(14)27-16/h2-3,5-6,11,13,16H,4,7-10,12H2,1H3. The minimum absolute atomic E-state index is 0.0235. The number of benzene rings is 1. The van der Waals surface area contributed by atoms with Crippen LogP contribution in [0.15, 0.2) is 41.8 Å². The lowest BCUT2D eigenvalue weighted by molar-refractivity contribution is -0.141. The lowest BCUT2D eigenvalue weighted by Gasteiger charge is -2.30. The molecule has 1 aromatic carbocycles. The number of amides is 1. The first-order valence-electron chi connectivity index (χ1n) is 9.10. The molecule has 1 amide bonds. The van der Waals surface area contributed by atoms with Gasteiger partial charge in [-0.25, -0.2) is 13.4 Å². The highest BCUT2D eigenvalue weighted by Crippen LogP contribution is 2.31. The van der Waals surface area contributed by atoms with E-state index in [0.29, 0.717) is 37.6 Å². The van der Waals surface area contributed by atoms with Crippen LogP contribution in [0.4, 0.5) is 0 Å². The number of carbonyl (C=O) groups excluding carboxylic acids is 1. The van der Waals surface area contributed by atoms with E-state index in [0.717, 1.165) is 0 Å². The zero-order chi connectivity index (χ0) is 19.7. The zero-order valence-electron chi connectivity index (χ0n) is 15.5. The molecule has 0 aliphatic carbocycles. The molecule has 3 heterocycles. The van der Waals surface area contributed by atoms with Crippen LogP contribution in [0.1, 0.15) is 6.42 Å². The van der Waals surface area contributed by atoms with Crippen molar-refractivity contribution in [1.82, 2.24) is 18.8 Å². The number of imidazole rings is 1. The fraction of sp³-hybridized carbons (Fsp3) is 0.444. The second kappa shape index (κ2) is 7.44. The van der Waals surface area contributed by atoms with Crippen molar-refractivity contribution in [3.05, 3.63) is 36.8 Å². The van der Waals surface area contributed by atoms with Crippen LogP contribution in [-0.4, -0.2) is 72.0 Å². The fourth-order valence-electron chi connectivity index (χ4n) is 3.35. The van der Waals surface area contributed by atoms with Gasteiger partial charge in [-0.3, -0.25) is 4.79 Å². The largest absolute Gasteiger partial charge is 0.485 e. The third-order valence-electron chi connectivity index (χ3n) is 4.84. The molecule has 28 heavy (non-hydrogen) atoms. The smallest absolute Gasteiger partial charge is 0.267 e. The number of nitrogens with zero attached hydrogens (tertiary/aromatic N) is 4. The lowest BCUT2D eigenvalue weighted by Crippen LogP contribution is -2.47. The van der Waals surface area contributed by atoms with E-state index >= 15 is 0 Å². The number of para-hydroxylation sites is 2. The normalized spacial score (nSPS) is 20.6. The molecule has 0 N–H and O–H groups in total. The number of aromatic nitrogens is 2. The van der Waals surface area contributed by atoms with Crippen LogP contribution in [0.2, 0.25) is 0 Å². The van der Waals surface area contributed by atoms with E-state index in [9.17, 15) is 13.2 Å². The summed E-state index contributed by atoms with van der Waals surface area (Å²) in [6, 6.07) is 7.22. The van der Waals surface area contributed by atoms with E-state index in [1.807, 2.05) is 12.1 Å².